The van der Waals surface area contributed by atoms with Crippen LogP contribution < -0.4 is 10.7 Å². The summed E-state index contributed by atoms with van der Waals surface area (Å²) in [7, 11) is 0. The predicted molar refractivity (Wildman–Crippen MR) is 89.9 cm³/mol. The number of furan rings is 1. The van der Waals surface area contributed by atoms with Crippen LogP contribution in [0.15, 0.2) is 58.1 Å². The summed E-state index contributed by atoms with van der Waals surface area (Å²) in [4.78, 5) is 27.4. The molecule has 3 aromatic rings. The monoisotopic (exact) mass is 326 g/mol. The number of aromatic amines is 1. The molecule has 0 aliphatic carbocycles. The van der Waals surface area contributed by atoms with Crippen molar-refractivity contribution in [3.8, 4) is 0 Å². The third kappa shape index (κ3) is 3.72. The Morgan fingerprint density at radius 2 is 2.08 bits per heavy atom. The van der Waals surface area contributed by atoms with Crippen molar-refractivity contribution in [2.75, 3.05) is 13.2 Å². The van der Waals surface area contributed by atoms with E-state index in [9.17, 15) is 9.59 Å². The zero-order valence-corrected chi connectivity index (χ0v) is 13.1. The zero-order valence-electron chi connectivity index (χ0n) is 13.1. The maximum absolute atomic E-state index is 12.3. The predicted octanol–water partition coefficient (Wildman–Crippen LogP) is 2.46. The number of ether oxygens (including phenoxy) is 1. The number of para-hydroxylation sites is 1. The van der Waals surface area contributed by atoms with E-state index < -0.39 is 0 Å². The van der Waals surface area contributed by atoms with E-state index in [0.717, 1.165) is 5.76 Å². The Morgan fingerprint density at radius 3 is 2.92 bits per heavy atom. The van der Waals surface area contributed by atoms with Crippen molar-refractivity contribution in [1.82, 2.24) is 10.3 Å². The van der Waals surface area contributed by atoms with E-state index in [2.05, 4.69) is 10.3 Å². The van der Waals surface area contributed by atoms with Crippen LogP contribution >= 0.6 is 0 Å². The van der Waals surface area contributed by atoms with Gasteiger partial charge in [-0.05, 0) is 30.7 Å². The second-order valence-electron chi connectivity index (χ2n) is 5.32. The molecule has 2 aromatic heterocycles. The fraction of sp³-hybridized carbons (Fsp3) is 0.222. The Hall–Kier alpha value is -2.86. The van der Waals surface area contributed by atoms with Gasteiger partial charge in [-0.25, -0.2) is 0 Å². The van der Waals surface area contributed by atoms with Gasteiger partial charge in [0, 0.05) is 30.3 Å². The lowest BCUT2D eigenvalue weighted by molar-refractivity contribution is 0.0916. The van der Waals surface area contributed by atoms with Crippen molar-refractivity contribution in [1.29, 1.82) is 0 Å². The molecular formula is C18H18N2O4. The normalized spacial score (nSPS) is 10.8. The van der Waals surface area contributed by atoms with Crippen LogP contribution in [-0.2, 0) is 11.3 Å². The Labute approximate surface area is 138 Å². The Bertz CT molecular complexity index is 868. The number of hydrogen-bond donors (Lipinski definition) is 2. The molecule has 2 N–H and O–H groups in total. The summed E-state index contributed by atoms with van der Waals surface area (Å²) in [6, 6.07) is 10.8. The van der Waals surface area contributed by atoms with E-state index in [1.807, 2.05) is 12.1 Å². The van der Waals surface area contributed by atoms with Crippen molar-refractivity contribution >= 4 is 16.8 Å². The van der Waals surface area contributed by atoms with Crippen molar-refractivity contribution in [2.45, 2.75) is 13.0 Å². The Kier molecular flexibility index (Phi) is 5.08. The van der Waals surface area contributed by atoms with E-state index in [0.29, 0.717) is 37.1 Å². The summed E-state index contributed by atoms with van der Waals surface area (Å²) in [5.74, 6) is 0.384. The number of carbonyl (C=O) groups is 1. The number of pyridine rings is 1. The van der Waals surface area contributed by atoms with Gasteiger partial charge < -0.3 is 19.5 Å². The van der Waals surface area contributed by atoms with Crippen molar-refractivity contribution in [3.05, 3.63) is 70.4 Å². The van der Waals surface area contributed by atoms with Crippen LogP contribution in [0.1, 0.15) is 22.5 Å². The van der Waals surface area contributed by atoms with Gasteiger partial charge in [-0.15, -0.1) is 0 Å². The first-order chi connectivity index (χ1) is 11.8. The molecule has 24 heavy (non-hydrogen) atoms. The molecule has 6 nitrogen and oxygen atoms in total. The molecule has 0 atom stereocenters. The highest BCUT2D eigenvalue weighted by Gasteiger charge is 2.12. The molecule has 6 heteroatoms. The molecule has 0 spiro atoms. The van der Waals surface area contributed by atoms with Crippen LogP contribution in [0.25, 0.3) is 10.9 Å². The number of hydrogen-bond acceptors (Lipinski definition) is 4. The van der Waals surface area contributed by atoms with E-state index >= 15 is 0 Å². The van der Waals surface area contributed by atoms with Gasteiger partial charge in [-0.1, -0.05) is 12.1 Å². The van der Waals surface area contributed by atoms with Gasteiger partial charge in [0.1, 0.15) is 17.9 Å². The number of nitrogens with one attached hydrogen (secondary N) is 2. The van der Waals surface area contributed by atoms with Crippen molar-refractivity contribution in [3.63, 3.8) is 0 Å². The SMILES string of the molecule is O=C(NCCCOCc1ccco1)c1c[nH]c2ccccc2c1=O. The molecule has 0 unspecified atom stereocenters. The van der Waals surface area contributed by atoms with Crippen LogP contribution in [0, 0.1) is 0 Å². The van der Waals surface area contributed by atoms with Crippen LogP contribution in [0.4, 0.5) is 0 Å². The highest BCUT2D eigenvalue weighted by atomic mass is 16.5. The van der Waals surface area contributed by atoms with E-state index in [1.165, 1.54) is 6.20 Å². The Balaban J connectivity index is 1.48. The second-order valence-corrected chi connectivity index (χ2v) is 5.32. The molecule has 0 radical (unpaired) electrons. The molecule has 1 amide bonds. The van der Waals surface area contributed by atoms with Crippen molar-refractivity contribution < 1.29 is 13.9 Å². The summed E-state index contributed by atoms with van der Waals surface area (Å²) in [5.41, 5.74) is 0.562. The molecule has 3 rings (SSSR count). The third-order valence-corrected chi connectivity index (χ3v) is 3.61. The molecule has 0 aliphatic heterocycles. The van der Waals surface area contributed by atoms with E-state index in [-0.39, 0.29) is 16.9 Å². The van der Waals surface area contributed by atoms with Crippen LogP contribution in [-0.4, -0.2) is 24.0 Å². The average molecular weight is 326 g/mol. The van der Waals surface area contributed by atoms with Gasteiger partial charge in [-0.3, -0.25) is 9.59 Å². The van der Waals surface area contributed by atoms with Crippen LogP contribution in [0.2, 0.25) is 0 Å². The van der Waals surface area contributed by atoms with Gasteiger partial charge in [0.05, 0.1) is 6.26 Å². The number of aromatic nitrogens is 1. The van der Waals surface area contributed by atoms with E-state index in [4.69, 9.17) is 9.15 Å². The molecule has 124 valence electrons. The summed E-state index contributed by atoms with van der Waals surface area (Å²) in [5, 5.41) is 3.24. The number of amides is 1. The van der Waals surface area contributed by atoms with Gasteiger partial charge in [-0.2, -0.15) is 0 Å². The highest BCUT2D eigenvalue weighted by Crippen LogP contribution is 2.07. The molecule has 0 aliphatic rings. The molecular weight excluding hydrogens is 308 g/mol. The fourth-order valence-corrected chi connectivity index (χ4v) is 2.38. The minimum Gasteiger partial charge on any atom is -0.467 e. The zero-order chi connectivity index (χ0) is 16.8. The summed E-state index contributed by atoms with van der Waals surface area (Å²) >= 11 is 0. The van der Waals surface area contributed by atoms with Crippen LogP contribution in [0.5, 0.6) is 0 Å². The van der Waals surface area contributed by atoms with Crippen molar-refractivity contribution in [2.24, 2.45) is 0 Å². The Morgan fingerprint density at radius 1 is 1.21 bits per heavy atom. The summed E-state index contributed by atoms with van der Waals surface area (Å²) in [6.07, 6.45) is 3.70. The van der Waals surface area contributed by atoms with Gasteiger partial charge in [0.25, 0.3) is 5.91 Å². The topological polar surface area (TPSA) is 84.3 Å². The van der Waals surface area contributed by atoms with Crippen LogP contribution in [0.3, 0.4) is 0 Å². The lowest BCUT2D eigenvalue weighted by Gasteiger charge is -2.06. The molecule has 0 saturated heterocycles. The summed E-state index contributed by atoms with van der Waals surface area (Å²) in [6.45, 7) is 1.34. The largest absolute Gasteiger partial charge is 0.467 e. The quantitative estimate of drug-likeness (QED) is 0.653. The lowest BCUT2D eigenvalue weighted by Crippen LogP contribution is -2.30. The maximum Gasteiger partial charge on any atom is 0.256 e. The summed E-state index contributed by atoms with van der Waals surface area (Å²) < 4.78 is 10.6. The first-order valence-corrected chi connectivity index (χ1v) is 7.74. The number of H-pyrrole nitrogens is 1. The van der Waals surface area contributed by atoms with E-state index in [1.54, 1.807) is 30.5 Å². The highest BCUT2D eigenvalue weighted by molar-refractivity contribution is 5.97. The van der Waals surface area contributed by atoms with Gasteiger partial charge >= 0.3 is 0 Å². The first kappa shape index (κ1) is 16.0. The molecule has 1 aromatic carbocycles. The number of carbonyl (C=O) groups excluding carboxylic acids is 1. The first-order valence-electron chi connectivity index (χ1n) is 7.74. The molecule has 0 saturated carbocycles. The minimum absolute atomic E-state index is 0.116. The second kappa shape index (κ2) is 7.61. The van der Waals surface area contributed by atoms with Gasteiger partial charge in [0.15, 0.2) is 0 Å². The third-order valence-electron chi connectivity index (χ3n) is 3.61. The minimum atomic E-state index is -0.381. The molecule has 0 fully saturated rings. The molecule has 0 bridgehead atoms. The number of fused-ring (bicyclic) bond motifs is 1. The van der Waals surface area contributed by atoms with Gasteiger partial charge in [0.2, 0.25) is 5.43 Å². The standard InChI is InChI=1S/C18H18N2O4/c21-17-14-6-1-2-7-16(14)20-11-15(17)18(22)19-8-4-9-23-12-13-5-3-10-24-13/h1-3,5-7,10-11H,4,8-9,12H2,(H,19,22)(H,20,21). The molecule has 2 heterocycles. The fourth-order valence-electron chi connectivity index (χ4n) is 2.38. The average Bonchev–Trinajstić information content (AvgIpc) is 3.12. The number of benzene rings is 1. The lowest BCUT2D eigenvalue weighted by atomic mass is 10.1. The smallest absolute Gasteiger partial charge is 0.256 e. The number of rotatable bonds is 7. The maximum atomic E-state index is 12.3.